The van der Waals surface area contributed by atoms with Gasteiger partial charge in [0.2, 0.25) is 0 Å². The third-order valence-corrected chi connectivity index (χ3v) is 3.32. The molecule has 1 heterocycles. The van der Waals surface area contributed by atoms with Gasteiger partial charge >= 0.3 is 29.8 Å². The van der Waals surface area contributed by atoms with Gasteiger partial charge in [0.1, 0.15) is 19.3 Å². The summed E-state index contributed by atoms with van der Waals surface area (Å²) in [5.41, 5.74) is 0. The number of hydrogen-bond donors (Lipinski definition) is 1. The number of rotatable bonds is 8. The monoisotopic (exact) mass is 406 g/mol. The van der Waals surface area contributed by atoms with Crippen LogP contribution < -0.4 is 0 Å². The average Bonchev–Trinajstić information content (AvgIpc) is 2.54. The molecule has 1 aliphatic heterocycles. The minimum Gasteiger partial charge on any atom is -0.480 e. The molecule has 0 amide bonds. The predicted molar refractivity (Wildman–Crippen MR) is 85.5 cm³/mol. The van der Waals surface area contributed by atoms with E-state index in [1.807, 2.05) is 0 Å². The Bertz CT molecular complexity index is 571. The molecule has 0 aliphatic carbocycles. The molecule has 0 radical (unpaired) electrons. The maximum Gasteiger partial charge on any atom is 0.329 e. The standard InChI is InChI=1S/C16H22O12/c1-7(17)23-5-11-13(25-8(2)18)14(26-9(3)19)15(27-10(4)20)16(28-11)24-6-12(21)22/h11,13-16H,5-6H2,1-4H3,(H,21,22)/t11-,13-,14+,15+,16-/m1/s1. The van der Waals surface area contributed by atoms with E-state index in [1.54, 1.807) is 0 Å². The molecule has 1 rings (SSSR count). The van der Waals surface area contributed by atoms with Crippen LogP contribution in [0.3, 0.4) is 0 Å². The van der Waals surface area contributed by atoms with Crippen molar-refractivity contribution in [1.82, 2.24) is 0 Å². The summed E-state index contributed by atoms with van der Waals surface area (Å²) >= 11 is 0. The van der Waals surface area contributed by atoms with E-state index in [9.17, 15) is 24.0 Å². The maximum atomic E-state index is 11.6. The molecular formula is C16H22O12. The van der Waals surface area contributed by atoms with Gasteiger partial charge in [0, 0.05) is 27.7 Å². The summed E-state index contributed by atoms with van der Waals surface area (Å²) in [6.07, 6.45) is -6.87. The second kappa shape index (κ2) is 10.6. The molecule has 28 heavy (non-hydrogen) atoms. The molecule has 5 atom stereocenters. The van der Waals surface area contributed by atoms with E-state index in [4.69, 9.17) is 33.5 Å². The minimum absolute atomic E-state index is 0.426. The van der Waals surface area contributed by atoms with E-state index in [2.05, 4.69) is 0 Å². The molecule has 0 saturated carbocycles. The Labute approximate surface area is 159 Å². The molecule has 0 unspecified atom stereocenters. The molecule has 1 saturated heterocycles. The zero-order chi connectivity index (χ0) is 21.4. The zero-order valence-electron chi connectivity index (χ0n) is 15.7. The first-order valence-electron chi connectivity index (χ1n) is 8.15. The molecule has 0 bridgehead atoms. The van der Waals surface area contributed by atoms with Crippen molar-refractivity contribution in [3.63, 3.8) is 0 Å². The first-order chi connectivity index (χ1) is 13.0. The highest BCUT2D eigenvalue weighted by atomic mass is 16.7. The van der Waals surface area contributed by atoms with Crippen LogP contribution in [0, 0.1) is 0 Å². The third kappa shape index (κ3) is 7.48. The van der Waals surface area contributed by atoms with Crippen LogP contribution in [0.15, 0.2) is 0 Å². The smallest absolute Gasteiger partial charge is 0.329 e. The van der Waals surface area contributed by atoms with Gasteiger partial charge in [-0.2, -0.15) is 0 Å². The lowest BCUT2D eigenvalue weighted by Gasteiger charge is -2.43. The van der Waals surface area contributed by atoms with Crippen molar-refractivity contribution in [2.45, 2.75) is 58.4 Å². The lowest BCUT2D eigenvalue weighted by Crippen LogP contribution is -2.63. The summed E-state index contributed by atoms with van der Waals surface area (Å²) in [6, 6.07) is 0. The van der Waals surface area contributed by atoms with Crippen LogP contribution in [-0.2, 0) is 52.4 Å². The van der Waals surface area contributed by atoms with Gasteiger partial charge in [-0.05, 0) is 0 Å². The van der Waals surface area contributed by atoms with Gasteiger partial charge < -0.3 is 33.5 Å². The first kappa shape index (κ1) is 23.3. The molecule has 0 aromatic rings. The van der Waals surface area contributed by atoms with Crippen LogP contribution >= 0.6 is 0 Å². The van der Waals surface area contributed by atoms with Crippen LogP contribution in [0.25, 0.3) is 0 Å². The summed E-state index contributed by atoms with van der Waals surface area (Å²) in [7, 11) is 0. The summed E-state index contributed by atoms with van der Waals surface area (Å²) in [6.45, 7) is 3.09. The van der Waals surface area contributed by atoms with Gasteiger partial charge in [-0.15, -0.1) is 0 Å². The van der Waals surface area contributed by atoms with Crippen molar-refractivity contribution in [1.29, 1.82) is 0 Å². The SMILES string of the molecule is CC(=O)OC[C@H]1O[C@@H](OCC(=O)O)[C@@H](OC(C)=O)[C@@H](OC(C)=O)[C@@H]1OC(C)=O. The van der Waals surface area contributed by atoms with Crippen LogP contribution in [0.1, 0.15) is 27.7 Å². The highest BCUT2D eigenvalue weighted by Crippen LogP contribution is 2.29. The summed E-state index contributed by atoms with van der Waals surface area (Å²) in [5, 5.41) is 8.82. The van der Waals surface area contributed by atoms with Crippen LogP contribution in [0.4, 0.5) is 0 Å². The molecule has 0 aromatic carbocycles. The topological polar surface area (TPSA) is 161 Å². The van der Waals surface area contributed by atoms with E-state index < -0.39 is 73.8 Å². The fraction of sp³-hybridized carbons (Fsp3) is 0.688. The second-order valence-corrected chi connectivity index (χ2v) is 5.77. The summed E-state index contributed by atoms with van der Waals surface area (Å²) in [5.74, 6) is -4.39. The number of carbonyl (C=O) groups is 5. The highest BCUT2D eigenvalue weighted by Gasteiger charge is 2.52. The lowest BCUT2D eigenvalue weighted by molar-refractivity contribution is -0.307. The van der Waals surface area contributed by atoms with Gasteiger partial charge in [0.05, 0.1) is 0 Å². The van der Waals surface area contributed by atoms with Crippen LogP contribution in [-0.4, -0.2) is 78.9 Å². The van der Waals surface area contributed by atoms with Gasteiger partial charge in [-0.3, -0.25) is 19.2 Å². The summed E-state index contributed by atoms with van der Waals surface area (Å²) in [4.78, 5) is 56.5. The Morgan fingerprint density at radius 1 is 0.786 bits per heavy atom. The van der Waals surface area contributed by atoms with Crippen molar-refractivity contribution >= 4 is 29.8 Å². The molecular weight excluding hydrogens is 384 g/mol. The molecule has 0 aromatic heterocycles. The predicted octanol–water partition coefficient (Wildman–Crippen LogP) is -0.829. The number of esters is 4. The van der Waals surface area contributed by atoms with Crippen molar-refractivity contribution in [2.24, 2.45) is 0 Å². The lowest BCUT2D eigenvalue weighted by atomic mass is 9.98. The van der Waals surface area contributed by atoms with Gasteiger partial charge in [-0.25, -0.2) is 4.79 Å². The average molecular weight is 406 g/mol. The van der Waals surface area contributed by atoms with Gasteiger partial charge in [0.25, 0.3) is 0 Å². The Morgan fingerprint density at radius 2 is 1.29 bits per heavy atom. The van der Waals surface area contributed by atoms with Crippen LogP contribution in [0.5, 0.6) is 0 Å². The van der Waals surface area contributed by atoms with E-state index in [0.717, 1.165) is 27.7 Å². The molecule has 1 fully saturated rings. The van der Waals surface area contributed by atoms with E-state index in [-0.39, 0.29) is 0 Å². The number of carboxylic acids is 1. The largest absolute Gasteiger partial charge is 0.480 e. The van der Waals surface area contributed by atoms with Crippen molar-refractivity contribution in [2.75, 3.05) is 13.2 Å². The van der Waals surface area contributed by atoms with E-state index >= 15 is 0 Å². The Morgan fingerprint density at radius 3 is 1.75 bits per heavy atom. The molecule has 0 spiro atoms. The Balaban J connectivity index is 3.26. The van der Waals surface area contributed by atoms with Crippen molar-refractivity contribution in [3.8, 4) is 0 Å². The number of carbonyl (C=O) groups excluding carboxylic acids is 4. The molecule has 1 aliphatic rings. The van der Waals surface area contributed by atoms with Gasteiger partial charge in [0.15, 0.2) is 24.6 Å². The quantitative estimate of drug-likeness (QED) is 0.394. The number of carboxylic acid groups (broad SMARTS) is 1. The fourth-order valence-electron chi connectivity index (χ4n) is 2.48. The Hall–Kier alpha value is -2.73. The molecule has 12 nitrogen and oxygen atoms in total. The number of aliphatic carboxylic acids is 1. The normalized spacial score (nSPS) is 26.6. The minimum atomic E-state index is -1.50. The fourth-order valence-corrected chi connectivity index (χ4v) is 2.48. The number of ether oxygens (including phenoxy) is 6. The first-order valence-corrected chi connectivity index (χ1v) is 8.15. The molecule has 158 valence electrons. The molecule has 1 N–H and O–H groups in total. The highest BCUT2D eigenvalue weighted by molar-refractivity contribution is 5.69. The number of hydrogen-bond acceptors (Lipinski definition) is 11. The van der Waals surface area contributed by atoms with E-state index in [0.29, 0.717) is 0 Å². The molecule has 12 heteroatoms. The van der Waals surface area contributed by atoms with Crippen molar-refractivity contribution in [3.05, 3.63) is 0 Å². The van der Waals surface area contributed by atoms with Gasteiger partial charge in [-0.1, -0.05) is 0 Å². The van der Waals surface area contributed by atoms with Crippen LogP contribution in [0.2, 0.25) is 0 Å². The van der Waals surface area contributed by atoms with Crippen molar-refractivity contribution < 1.29 is 57.5 Å². The zero-order valence-corrected chi connectivity index (χ0v) is 15.7. The second-order valence-electron chi connectivity index (χ2n) is 5.77. The summed E-state index contributed by atoms with van der Waals surface area (Å²) < 4.78 is 30.8. The van der Waals surface area contributed by atoms with E-state index in [1.165, 1.54) is 0 Å². The third-order valence-electron chi connectivity index (χ3n) is 3.32. The maximum absolute atomic E-state index is 11.6. The Kier molecular flexibility index (Phi) is 8.79.